The zero-order valence-corrected chi connectivity index (χ0v) is 9.33. The maximum absolute atomic E-state index is 12.9. The summed E-state index contributed by atoms with van der Waals surface area (Å²) >= 11 is 0. The third-order valence-corrected chi connectivity index (χ3v) is 3.15. The molecule has 1 fully saturated rings. The number of rotatable bonds is 1. The molecule has 0 spiro atoms. The normalized spacial score (nSPS) is 18.0. The number of benzene rings is 1. The van der Waals surface area contributed by atoms with Gasteiger partial charge in [-0.25, -0.2) is 9.97 Å². The number of halogens is 3. The van der Waals surface area contributed by atoms with E-state index in [-0.39, 0.29) is 5.52 Å². The van der Waals surface area contributed by atoms with Gasteiger partial charge in [0.15, 0.2) is 0 Å². The maximum Gasteiger partial charge on any atom is 0.418 e. The van der Waals surface area contributed by atoms with Gasteiger partial charge in [0.2, 0.25) is 0 Å². The van der Waals surface area contributed by atoms with Crippen molar-refractivity contribution in [1.82, 2.24) is 9.97 Å². The third-order valence-electron chi connectivity index (χ3n) is 3.15. The standard InChI is InChI=1S/C12H10F3N3/c13-12(14,15)8-3-1-2-7-6-17-10(18-9(7)8)11(16)4-5-11/h1-3,6H,4-5,16H2. The van der Waals surface area contributed by atoms with Crippen molar-refractivity contribution in [2.45, 2.75) is 24.6 Å². The molecule has 94 valence electrons. The van der Waals surface area contributed by atoms with E-state index in [1.807, 2.05) is 0 Å². The SMILES string of the molecule is NC1(c2ncc3cccc(C(F)(F)F)c3n2)CC1. The Bertz CT molecular complexity index is 617. The highest BCUT2D eigenvalue weighted by Gasteiger charge is 2.43. The van der Waals surface area contributed by atoms with Crippen molar-refractivity contribution >= 4 is 10.9 Å². The molecule has 6 heteroatoms. The average molecular weight is 253 g/mol. The molecule has 1 aromatic heterocycles. The number of alkyl halides is 3. The fourth-order valence-corrected chi connectivity index (χ4v) is 1.88. The topological polar surface area (TPSA) is 51.8 Å². The predicted molar refractivity (Wildman–Crippen MR) is 59.6 cm³/mol. The molecule has 1 aromatic carbocycles. The average Bonchev–Trinajstić information content (AvgIpc) is 3.06. The van der Waals surface area contributed by atoms with Gasteiger partial charge in [-0.05, 0) is 18.9 Å². The molecule has 3 nitrogen and oxygen atoms in total. The summed E-state index contributed by atoms with van der Waals surface area (Å²) in [6, 6.07) is 3.93. The smallest absolute Gasteiger partial charge is 0.319 e. The van der Waals surface area contributed by atoms with E-state index in [0.29, 0.717) is 24.1 Å². The molecule has 3 rings (SSSR count). The zero-order valence-electron chi connectivity index (χ0n) is 9.33. The van der Waals surface area contributed by atoms with Crippen LogP contribution in [0, 0.1) is 0 Å². The van der Waals surface area contributed by atoms with Crippen LogP contribution in [0.3, 0.4) is 0 Å². The Morgan fingerprint density at radius 1 is 1.22 bits per heavy atom. The van der Waals surface area contributed by atoms with Crippen molar-refractivity contribution in [2.24, 2.45) is 5.73 Å². The van der Waals surface area contributed by atoms with Crippen molar-refractivity contribution < 1.29 is 13.2 Å². The van der Waals surface area contributed by atoms with Crippen LogP contribution in [-0.4, -0.2) is 9.97 Å². The monoisotopic (exact) mass is 253 g/mol. The highest BCUT2D eigenvalue weighted by Crippen LogP contribution is 2.41. The molecule has 0 radical (unpaired) electrons. The summed E-state index contributed by atoms with van der Waals surface area (Å²) in [5.74, 6) is 0.298. The van der Waals surface area contributed by atoms with Crippen LogP contribution in [0.5, 0.6) is 0 Å². The van der Waals surface area contributed by atoms with E-state index in [1.165, 1.54) is 12.3 Å². The van der Waals surface area contributed by atoms with Crippen molar-refractivity contribution in [1.29, 1.82) is 0 Å². The Morgan fingerprint density at radius 3 is 2.56 bits per heavy atom. The van der Waals surface area contributed by atoms with Crippen LogP contribution in [0.15, 0.2) is 24.4 Å². The second-order valence-electron chi connectivity index (χ2n) is 4.59. The first-order chi connectivity index (χ1) is 8.40. The van der Waals surface area contributed by atoms with Gasteiger partial charge in [0.1, 0.15) is 5.82 Å². The summed E-state index contributed by atoms with van der Waals surface area (Å²) in [4.78, 5) is 8.08. The van der Waals surface area contributed by atoms with Crippen molar-refractivity contribution in [2.75, 3.05) is 0 Å². The van der Waals surface area contributed by atoms with Gasteiger partial charge in [-0.15, -0.1) is 0 Å². The molecule has 0 aliphatic heterocycles. The molecule has 18 heavy (non-hydrogen) atoms. The van der Waals surface area contributed by atoms with Crippen LogP contribution in [0.2, 0.25) is 0 Å². The van der Waals surface area contributed by atoms with Gasteiger partial charge >= 0.3 is 6.18 Å². The van der Waals surface area contributed by atoms with E-state index in [1.54, 1.807) is 6.07 Å². The summed E-state index contributed by atoms with van der Waals surface area (Å²) in [5.41, 5.74) is 4.46. The lowest BCUT2D eigenvalue weighted by molar-refractivity contribution is -0.136. The van der Waals surface area contributed by atoms with Gasteiger partial charge in [0.25, 0.3) is 0 Å². The van der Waals surface area contributed by atoms with Crippen LogP contribution in [-0.2, 0) is 11.7 Å². The first kappa shape index (κ1) is 11.4. The largest absolute Gasteiger partial charge is 0.418 e. The number of hydrogen-bond acceptors (Lipinski definition) is 3. The maximum atomic E-state index is 12.9. The number of aromatic nitrogens is 2. The first-order valence-corrected chi connectivity index (χ1v) is 5.52. The predicted octanol–water partition coefficient (Wildman–Crippen LogP) is 2.60. The van der Waals surface area contributed by atoms with Crippen LogP contribution in [0.1, 0.15) is 24.2 Å². The quantitative estimate of drug-likeness (QED) is 0.849. The molecule has 0 unspecified atom stereocenters. The molecular weight excluding hydrogens is 243 g/mol. The Labute approximate surface area is 101 Å². The lowest BCUT2D eigenvalue weighted by Crippen LogP contribution is -2.22. The number of fused-ring (bicyclic) bond motifs is 1. The van der Waals surface area contributed by atoms with Gasteiger partial charge in [0.05, 0.1) is 16.6 Å². The molecule has 2 N–H and O–H groups in total. The minimum atomic E-state index is -4.42. The van der Waals surface area contributed by atoms with E-state index in [4.69, 9.17) is 5.73 Å². The summed E-state index contributed by atoms with van der Waals surface area (Å²) in [7, 11) is 0. The van der Waals surface area contributed by atoms with Gasteiger partial charge in [0, 0.05) is 11.6 Å². The molecule has 1 heterocycles. The molecule has 0 bridgehead atoms. The van der Waals surface area contributed by atoms with Crippen LogP contribution in [0.25, 0.3) is 10.9 Å². The minimum absolute atomic E-state index is 0.0771. The highest BCUT2D eigenvalue weighted by atomic mass is 19.4. The number of para-hydroxylation sites is 1. The summed E-state index contributed by atoms with van der Waals surface area (Å²) < 4.78 is 38.6. The highest BCUT2D eigenvalue weighted by molar-refractivity contribution is 5.81. The minimum Gasteiger partial charge on any atom is -0.319 e. The van der Waals surface area contributed by atoms with Gasteiger partial charge in [-0.1, -0.05) is 12.1 Å². The second kappa shape index (κ2) is 3.41. The zero-order chi connectivity index (χ0) is 13.0. The Morgan fingerprint density at radius 2 is 1.94 bits per heavy atom. The van der Waals surface area contributed by atoms with Gasteiger partial charge < -0.3 is 5.73 Å². The summed E-state index contributed by atoms with van der Waals surface area (Å²) in [6.07, 6.45) is -1.59. The molecule has 1 aliphatic carbocycles. The van der Waals surface area contributed by atoms with E-state index in [0.717, 1.165) is 6.07 Å². The van der Waals surface area contributed by atoms with Gasteiger partial charge in [-0.3, -0.25) is 0 Å². The molecule has 0 saturated heterocycles. The van der Waals surface area contributed by atoms with E-state index < -0.39 is 17.3 Å². The molecule has 2 aromatic rings. The second-order valence-corrected chi connectivity index (χ2v) is 4.59. The summed E-state index contributed by atoms with van der Waals surface area (Å²) in [6.45, 7) is 0. The number of nitrogens with two attached hydrogens (primary N) is 1. The molecular formula is C12H10F3N3. The lowest BCUT2D eigenvalue weighted by atomic mass is 10.1. The Balaban J connectivity index is 2.25. The first-order valence-electron chi connectivity index (χ1n) is 5.52. The number of hydrogen-bond donors (Lipinski definition) is 1. The van der Waals surface area contributed by atoms with Crippen LogP contribution < -0.4 is 5.73 Å². The Kier molecular flexibility index (Phi) is 2.16. The van der Waals surface area contributed by atoms with Crippen LogP contribution >= 0.6 is 0 Å². The molecule has 0 amide bonds. The lowest BCUT2D eigenvalue weighted by Gasteiger charge is -2.12. The molecule has 0 atom stereocenters. The van der Waals surface area contributed by atoms with E-state index in [9.17, 15) is 13.2 Å². The van der Waals surface area contributed by atoms with E-state index >= 15 is 0 Å². The fourth-order valence-electron chi connectivity index (χ4n) is 1.88. The summed E-state index contributed by atoms with van der Waals surface area (Å²) in [5, 5.41) is 0.373. The molecule has 1 saturated carbocycles. The van der Waals surface area contributed by atoms with Crippen molar-refractivity contribution in [3.63, 3.8) is 0 Å². The van der Waals surface area contributed by atoms with Crippen molar-refractivity contribution in [3.05, 3.63) is 35.8 Å². The van der Waals surface area contributed by atoms with Crippen LogP contribution in [0.4, 0.5) is 13.2 Å². The Hall–Kier alpha value is -1.69. The fraction of sp³-hybridized carbons (Fsp3) is 0.333. The third kappa shape index (κ3) is 1.73. The van der Waals surface area contributed by atoms with Gasteiger partial charge in [-0.2, -0.15) is 13.2 Å². The number of nitrogens with zero attached hydrogens (tertiary/aromatic N) is 2. The molecule has 1 aliphatic rings. The van der Waals surface area contributed by atoms with Crippen molar-refractivity contribution in [3.8, 4) is 0 Å². The van der Waals surface area contributed by atoms with E-state index in [2.05, 4.69) is 9.97 Å².